The van der Waals surface area contributed by atoms with Gasteiger partial charge in [-0.3, -0.25) is 14.9 Å². The highest BCUT2D eigenvalue weighted by Gasteiger charge is 2.16. The normalized spacial score (nSPS) is 10.4. The molecule has 7 nitrogen and oxygen atoms in total. The highest BCUT2D eigenvalue weighted by Crippen LogP contribution is 2.35. The molecule has 0 unspecified atom stereocenters. The molecule has 11 heteroatoms. The van der Waals surface area contributed by atoms with Gasteiger partial charge in [0.2, 0.25) is 5.91 Å². The predicted molar refractivity (Wildman–Crippen MR) is 87.8 cm³/mol. The Morgan fingerprint density at radius 2 is 2.10 bits per heavy atom. The minimum Gasteiger partial charge on any atom is -0.323 e. The number of aromatic nitrogens is 2. The second kappa shape index (κ2) is 7.29. The Labute approximate surface area is 143 Å². The van der Waals surface area contributed by atoms with Crippen molar-refractivity contribution in [1.82, 2.24) is 10.2 Å². The molecular formula is C10H6Br2N4O3S2. The lowest BCUT2D eigenvalue weighted by molar-refractivity contribution is -0.385. The molecule has 1 aromatic carbocycles. The average molecular weight is 454 g/mol. The SMILES string of the molecule is O=C(CSc1nncs1)Nc1c(Br)cc([N+](=O)[O-])cc1Br. The van der Waals surface area contributed by atoms with Crippen molar-refractivity contribution in [2.75, 3.05) is 11.1 Å². The van der Waals surface area contributed by atoms with Crippen molar-refractivity contribution >= 4 is 72.2 Å². The van der Waals surface area contributed by atoms with Gasteiger partial charge in [-0.1, -0.05) is 23.1 Å². The van der Waals surface area contributed by atoms with Crippen molar-refractivity contribution in [3.8, 4) is 0 Å². The smallest absolute Gasteiger partial charge is 0.271 e. The molecule has 0 bridgehead atoms. The zero-order valence-corrected chi connectivity index (χ0v) is 14.9. The Bertz CT molecular complexity index is 658. The first-order valence-corrected chi connectivity index (χ1v) is 8.74. The van der Waals surface area contributed by atoms with E-state index in [1.54, 1.807) is 5.51 Å². The summed E-state index contributed by atoms with van der Waals surface area (Å²) in [6.45, 7) is 0. The van der Waals surface area contributed by atoms with Gasteiger partial charge in [-0.2, -0.15) is 0 Å². The number of hydrogen-bond acceptors (Lipinski definition) is 7. The van der Waals surface area contributed by atoms with E-state index in [0.29, 0.717) is 19.0 Å². The maximum atomic E-state index is 11.9. The molecule has 0 spiro atoms. The molecule has 2 rings (SSSR count). The molecule has 0 saturated carbocycles. The summed E-state index contributed by atoms with van der Waals surface area (Å²) in [5, 5.41) is 20.9. The number of nitrogens with one attached hydrogen (secondary N) is 1. The number of nitro groups is 1. The van der Waals surface area contributed by atoms with Crippen LogP contribution in [0.2, 0.25) is 0 Å². The number of nitro benzene ring substituents is 1. The second-order valence-corrected chi connectivity index (χ2v) is 7.35. The van der Waals surface area contributed by atoms with Crippen LogP contribution in [0.1, 0.15) is 0 Å². The fourth-order valence-electron chi connectivity index (χ4n) is 1.31. The first-order valence-electron chi connectivity index (χ1n) is 5.29. The van der Waals surface area contributed by atoms with Crippen LogP contribution in [0.15, 0.2) is 30.9 Å². The number of halogens is 2. The zero-order valence-electron chi connectivity index (χ0n) is 10.1. The molecule has 1 heterocycles. The molecule has 1 N–H and O–H groups in total. The van der Waals surface area contributed by atoms with Gasteiger partial charge in [-0.05, 0) is 31.9 Å². The maximum absolute atomic E-state index is 11.9. The second-order valence-electron chi connectivity index (χ2n) is 3.58. The van der Waals surface area contributed by atoms with Crippen molar-refractivity contribution in [3.05, 3.63) is 36.7 Å². The van der Waals surface area contributed by atoms with E-state index in [-0.39, 0.29) is 17.3 Å². The summed E-state index contributed by atoms with van der Waals surface area (Å²) < 4.78 is 1.56. The molecular weight excluding hydrogens is 448 g/mol. The molecule has 110 valence electrons. The number of non-ortho nitro benzene ring substituents is 1. The lowest BCUT2D eigenvalue weighted by Gasteiger charge is -2.09. The molecule has 0 radical (unpaired) electrons. The van der Waals surface area contributed by atoms with Crippen LogP contribution in [0.4, 0.5) is 11.4 Å². The Hall–Kier alpha value is -1.04. The van der Waals surface area contributed by atoms with Gasteiger partial charge in [-0.25, -0.2) is 0 Å². The number of hydrogen-bond donors (Lipinski definition) is 1. The van der Waals surface area contributed by atoms with E-state index in [0.717, 1.165) is 0 Å². The molecule has 0 aliphatic carbocycles. The number of anilines is 1. The summed E-state index contributed by atoms with van der Waals surface area (Å²) in [7, 11) is 0. The number of rotatable bonds is 5. The first kappa shape index (κ1) is 16.3. The van der Waals surface area contributed by atoms with E-state index in [1.807, 2.05) is 0 Å². The third kappa shape index (κ3) is 4.46. The van der Waals surface area contributed by atoms with Gasteiger partial charge >= 0.3 is 0 Å². The molecule has 2 aromatic rings. The molecule has 0 aliphatic heterocycles. The van der Waals surface area contributed by atoms with Crippen LogP contribution in [-0.4, -0.2) is 26.8 Å². The van der Waals surface area contributed by atoms with Crippen LogP contribution >= 0.6 is 55.0 Å². The molecule has 0 aliphatic rings. The predicted octanol–water partition coefficient (Wildman–Crippen LogP) is 3.70. The minimum absolute atomic E-state index is 0.0741. The quantitative estimate of drug-likeness (QED) is 0.421. The Morgan fingerprint density at radius 1 is 1.43 bits per heavy atom. The van der Waals surface area contributed by atoms with Crippen LogP contribution in [0.5, 0.6) is 0 Å². The minimum atomic E-state index is -0.508. The van der Waals surface area contributed by atoms with Crippen molar-refractivity contribution < 1.29 is 9.72 Å². The van der Waals surface area contributed by atoms with Gasteiger partial charge in [0.05, 0.1) is 16.4 Å². The topological polar surface area (TPSA) is 98.0 Å². The largest absolute Gasteiger partial charge is 0.323 e. The van der Waals surface area contributed by atoms with Crippen LogP contribution < -0.4 is 5.32 Å². The summed E-state index contributed by atoms with van der Waals surface area (Å²) in [6, 6.07) is 2.66. The number of amides is 1. The lowest BCUT2D eigenvalue weighted by Crippen LogP contribution is -2.15. The fourth-order valence-corrected chi connectivity index (χ4v) is 3.96. The Balaban J connectivity index is 2.05. The molecule has 1 amide bonds. The molecule has 1 aromatic heterocycles. The highest BCUT2D eigenvalue weighted by molar-refractivity contribution is 9.11. The molecule has 0 atom stereocenters. The van der Waals surface area contributed by atoms with Crippen molar-refractivity contribution in [1.29, 1.82) is 0 Å². The lowest BCUT2D eigenvalue weighted by atomic mass is 10.3. The molecule has 21 heavy (non-hydrogen) atoms. The van der Waals surface area contributed by atoms with E-state index < -0.39 is 4.92 Å². The van der Waals surface area contributed by atoms with Crippen LogP contribution in [0.3, 0.4) is 0 Å². The zero-order chi connectivity index (χ0) is 15.4. The number of thioether (sulfide) groups is 1. The van der Waals surface area contributed by atoms with E-state index >= 15 is 0 Å². The Morgan fingerprint density at radius 3 is 2.62 bits per heavy atom. The summed E-state index contributed by atoms with van der Waals surface area (Å²) >= 11 is 9.03. The van der Waals surface area contributed by atoms with E-state index in [2.05, 4.69) is 47.4 Å². The third-order valence-electron chi connectivity index (χ3n) is 2.17. The number of nitrogens with zero attached hydrogens (tertiary/aromatic N) is 3. The van der Waals surface area contributed by atoms with Gasteiger partial charge in [0.25, 0.3) is 5.69 Å². The van der Waals surface area contributed by atoms with E-state index in [1.165, 1.54) is 35.2 Å². The number of carbonyl (C=O) groups is 1. The standard InChI is InChI=1S/C10H6Br2N4O3S2/c11-6-1-5(16(18)19)2-7(12)9(6)14-8(17)3-20-10-15-13-4-21-10/h1-2,4H,3H2,(H,14,17). The van der Waals surface area contributed by atoms with Gasteiger partial charge < -0.3 is 5.32 Å². The van der Waals surface area contributed by atoms with Crippen molar-refractivity contribution in [3.63, 3.8) is 0 Å². The van der Waals surface area contributed by atoms with Gasteiger partial charge in [-0.15, -0.1) is 10.2 Å². The summed E-state index contributed by atoms with van der Waals surface area (Å²) in [5.74, 6) is -0.0733. The van der Waals surface area contributed by atoms with Gasteiger partial charge in [0, 0.05) is 21.1 Å². The van der Waals surface area contributed by atoms with Crippen LogP contribution in [-0.2, 0) is 4.79 Å². The summed E-state index contributed by atoms with van der Waals surface area (Å²) in [5.41, 5.74) is 1.96. The number of benzene rings is 1. The Kier molecular flexibility index (Phi) is 5.67. The number of carbonyl (C=O) groups excluding carboxylic acids is 1. The van der Waals surface area contributed by atoms with Crippen molar-refractivity contribution in [2.24, 2.45) is 0 Å². The third-order valence-corrected chi connectivity index (χ3v) is 5.28. The fraction of sp³-hybridized carbons (Fsp3) is 0.100. The maximum Gasteiger partial charge on any atom is 0.271 e. The summed E-state index contributed by atoms with van der Waals surface area (Å²) in [6.07, 6.45) is 0. The molecule has 0 saturated heterocycles. The van der Waals surface area contributed by atoms with Crippen molar-refractivity contribution in [2.45, 2.75) is 4.34 Å². The molecule has 0 fully saturated rings. The van der Waals surface area contributed by atoms with Gasteiger partial charge in [0.1, 0.15) is 5.51 Å². The van der Waals surface area contributed by atoms with Gasteiger partial charge in [0.15, 0.2) is 4.34 Å². The first-order chi connectivity index (χ1) is 9.97. The summed E-state index contributed by atoms with van der Waals surface area (Å²) in [4.78, 5) is 22.1. The van der Waals surface area contributed by atoms with E-state index in [9.17, 15) is 14.9 Å². The van der Waals surface area contributed by atoms with Crippen LogP contribution in [0.25, 0.3) is 0 Å². The highest BCUT2D eigenvalue weighted by atomic mass is 79.9. The average Bonchev–Trinajstić information content (AvgIpc) is 2.93. The van der Waals surface area contributed by atoms with E-state index in [4.69, 9.17) is 0 Å². The monoisotopic (exact) mass is 452 g/mol. The van der Waals surface area contributed by atoms with Crippen LogP contribution in [0, 0.1) is 10.1 Å².